The molecule has 1 rings (SSSR count). The van der Waals surface area contributed by atoms with Crippen molar-refractivity contribution < 1.29 is 9.53 Å². The second kappa shape index (κ2) is 9.78. The second-order valence-electron chi connectivity index (χ2n) is 4.35. The van der Waals surface area contributed by atoms with Crippen molar-refractivity contribution in [3.63, 3.8) is 0 Å². The number of nitrogens with one attached hydrogen (secondary N) is 2. The van der Waals surface area contributed by atoms with Crippen LogP contribution in [-0.4, -0.2) is 25.2 Å². The normalized spacial score (nSPS) is 10.1. The molecule has 0 bridgehead atoms. The number of halogens is 1. The Kier molecular flexibility index (Phi) is 9.21. The monoisotopic (exact) mass is 286 g/mol. The molecule has 2 N–H and O–H groups in total. The molecule has 1 aromatic carbocycles. The van der Waals surface area contributed by atoms with Crippen LogP contribution in [0.1, 0.15) is 26.3 Å². The summed E-state index contributed by atoms with van der Waals surface area (Å²) in [4.78, 5) is 11.7. The largest absolute Gasteiger partial charge is 0.369 e. The van der Waals surface area contributed by atoms with Gasteiger partial charge in [-0.25, -0.2) is 0 Å². The molecule has 0 saturated carbocycles. The molecule has 19 heavy (non-hydrogen) atoms. The average Bonchev–Trinajstić information content (AvgIpc) is 2.35. The summed E-state index contributed by atoms with van der Waals surface area (Å²) in [7, 11) is 0. The van der Waals surface area contributed by atoms with Gasteiger partial charge in [0.05, 0.1) is 6.10 Å². The maximum atomic E-state index is 11.7. The van der Waals surface area contributed by atoms with Crippen molar-refractivity contribution >= 4 is 24.0 Å². The fourth-order valence-electron chi connectivity index (χ4n) is 1.48. The van der Waals surface area contributed by atoms with E-state index in [-0.39, 0.29) is 31.0 Å². The van der Waals surface area contributed by atoms with E-state index in [0.717, 1.165) is 24.3 Å². The number of anilines is 1. The first-order chi connectivity index (χ1) is 8.63. The van der Waals surface area contributed by atoms with E-state index in [0.29, 0.717) is 0 Å². The molecule has 1 amide bonds. The van der Waals surface area contributed by atoms with Crippen LogP contribution in [0.3, 0.4) is 0 Å². The van der Waals surface area contributed by atoms with Gasteiger partial charge in [0, 0.05) is 12.2 Å². The lowest BCUT2D eigenvalue weighted by Gasteiger charge is -2.12. The summed E-state index contributed by atoms with van der Waals surface area (Å²) in [5.74, 6) is -0.118. The second-order valence-corrected chi connectivity index (χ2v) is 4.35. The first kappa shape index (κ1) is 17.9. The van der Waals surface area contributed by atoms with Gasteiger partial charge in [-0.1, -0.05) is 25.1 Å². The number of carbonyl (C=O) groups excluding carboxylic acids is 1. The van der Waals surface area contributed by atoms with Crippen LogP contribution >= 0.6 is 12.4 Å². The quantitative estimate of drug-likeness (QED) is 0.810. The van der Waals surface area contributed by atoms with E-state index in [1.807, 2.05) is 38.1 Å². The minimum Gasteiger partial charge on any atom is -0.369 e. The maximum absolute atomic E-state index is 11.7. The first-order valence-corrected chi connectivity index (χ1v) is 6.33. The molecular formula is C14H23ClN2O2. The van der Waals surface area contributed by atoms with Crippen molar-refractivity contribution in [2.75, 3.05) is 18.5 Å². The van der Waals surface area contributed by atoms with Gasteiger partial charge in [0.25, 0.3) is 0 Å². The number of amides is 1. The number of carbonyl (C=O) groups is 1. The van der Waals surface area contributed by atoms with Gasteiger partial charge in [0.2, 0.25) is 5.91 Å². The minimum absolute atomic E-state index is 0. The highest BCUT2D eigenvalue weighted by Gasteiger charge is 2.07. The molecule has 0 saturated heterocycles. The molecule has 0 heterocycles. The summed E-state index contributed by atoms with van der Waals surface area (Å²) in [5.41, 5.74) is 1.92. The van der Waals surface area contributed by atoms with E-state index in [2.05, 4.69) is 17.6 Å². The molecule has 0 radical (unpaired) electrons. The van der Waals surface area contributed by atoms with Crippen molar-refractivity contribution in [3.05, 3.63) is 29.8 Å². The SMILES string of the molecule is CCNCc1ccccc1NC(=O)COC(C)C.Cl. The molecular weight excluding hydrogens is 264 g/mol. The predicted molar refractivity (Wildman–Crippen MR) is 80.8 cm³/mol. The zero-order chi connectivity index (χ0) is 13.4. The number of benzene rings is 1. The molecule has 0 aliphatic rings. The van der Waals surface area contributed by atoms with Crippen LogP contribution in [0.15, 0.2) is 24.3 Å². The average molecular weight is 287 g/mol. The van der Waals surface area contributed by atoms with Gasteiger partial charge in [-0.2, -0.15) is 0 Å². The number of ether oxygens (including phenoxy) is 1. The van der Waals surface area contributed by atoms with Crippen molar-refractivity contribution in [2.45, 2.75) is 33.4 Å². The van der Waals surface area contributed by atoms with Crippen LogP contribution in [0.5, 0.6) is 0 Å². The molecule has 0 spiro atoms. The van der Waals surface area contributed by atoms with Crippen LogP contribution in [0.2, 0.25) is 0 Å². The third-order valence-electron chi connectivity index (χ3n) is 2.40. The van der Waals surface area contributed by atoms with Crippen molar-refractivity contribution in [1.29, 1.82) is 0 Å². The van der Waals surface area contributed by atoms with Crippen LogP contribution < -0.4 is 10.6 Å². The van der Waals surface area contributed by atoms with E-state index in [4.69, 9.17) is 4.74 Å². The molecule has 0 aliphatic heterocycles. The van der Waals surface area contributed by atoms with Crippen LogP contribution in [0.4, 0.5) is 5.69 Å². The predicted octanol–water partition coefficient (Wildman–Crippen LogP) is 2.58. The highest BCUT2D eigenvalue weighted by molar-refractivity contribution is 5.92. The van der Waals surface area contributed by atoms with Gasteiger partial charge in [0.15, 0.2) is 0 Å². The van der Waals surface area contributed by atoms with E-state index >= 15 is 0 Å². The van der Waals surface area contributed by atoms with E-state index < -0.39 is 0 Å². The third kappa shape index (κ3) is 7.15. The molecule has 0 atom stereocenters. The molecule has 5 heteroatoms. The van der Waals surface area contributed by atoms with Crippen molar-refractivity contribution in [1.82, 2.24) is 5.32 Å². The Bertz CT molecular complexity index is 383. The lowest BCUT2D eigenvalue weighted by atomic mass is 10.1. The molecule has 0 unspecified atom stereocenters. The van der Waals surface area contributed by atoms with Gasteiger partial charge in [0.1, 0.15) is 6.61 Å². The molecule has 0 aliphatic carbocycles. The van der Waals surface area contributed by atoms with Gasteiger partial charge in [-0.05, 0) is 32.0 Å². The van der Waals surface area contributed by atoms with Gasteiger partial charge in [-0.3, -0.25) is 4.79 Å². The summed E-state index contributed by atoms with van der Waals surface area (Å²) in [5, 5.41) is 6.12. The molecule has 1 aromatic rings. The smallest absolute Gasteiger partial charge is 0.250 e. The summed E-state index contributed by atoms with van der Waals surface area (Å²) < 4.78 is 5.27. The van der Waals surface area contributed by atoms with E-state index in [1.165, 1.54) is 0 Å². The van der Waals surface area contributed by atoms with Crippen LogP contribution in [-0.2, 0) is 16.1 Å². The number of para-hydroxylation sites is 1. The summed E-state index contributed by atoms with van der Waals surface area (Å²) in [6.45, 7) is 7.61. The number of hydrogen-bond acceptors (Lipinski definition) is 3. The molecule has 0 aromatic heterocycles. The van der Waals surface area contributed by atoms with Gasteiger partial charge < -0.3 is 15.4 Å². The molecule has 4 nitrogen and oxygen atoms in total. The maximum Gasteiger partial charge on any atom is 0.250 e. The first-order valence-electron chi connectivity index (χ1n) is 6.33. The minimum atomic E-state index is -0.118. The Morgan fingerprint density at radius 1 is 1.32 bits per heavy atom. The van der Waals surface area contributed by atoms with Gasteiger partial charge in [-0.15, -0.1) is 12.4 Å². The zero-order valence-electron chi connectivity index (χ0n) is 11.7. The van der Waals surface area contributed by atoms with Gasteiger partial charge >= 0.3 is 0 Å². The summed E-state index contributed by atoms with van der Waals surface area (Å²) >= 11 is 0. The lowest BCUT2D eigenvalue weighted by Crippen LogP contribution is -2.22. The molecule has 108 valence electrons. The fourth-order valence-corrected chi connectivity index (χ4v) is 1.48. The third-order valence-corrected chi connectivity index (χ3v) is 2.40. The Morgan fingerprint density at radius 3 is 2.63 bits per heavy atom. The highest BCUT2D eigenvalue weighted by Crippen LogP contribution is 2.14. The Labute approximate surface area is 121 Å². The van der Waals surface area contributed by atoms with Crippen LogP contribution in [0, 0.1) is 0 Å². The summed E-state index contributed by atoms with van der Waals surface area (Å²) in [6, 6.07) is 7.78. The molecule has 0 fully saturated rings. The van der Waals surface area contributed by atoms with Crippen molar-refractivity contribution in [2.24, 2.45) is 0 Å². The van der Waals surface area contributed by atoms with Crippen LogP contribution in [0.25, 0.3) is 0 Å². The van der Waals surface area contributed by atoms with E-state index in [1.54, 1.807) is 0 Å². The number of rotatable bonds is 7. The Balaban J connectivity index is 0.00000324. The van der Waals surface area contributed by atoms with E-state index in [9.17, 15) is 4.79 Å². The Hall–Kier alpha value is -1.10. The number of hydrogen-bond donors (Lipinski definition) is 2. The topological polar surface area (TPSA) is 50.4 Å². The lowest BCUT2D eigenvalue weighted by molar-refractivity contribution is -0.121. The fraction of sp³-hybridized carbons (Fsp3) is 0.500. The summed E-state index contributed by atoms with van der Waals surface area (Å²) in [6.07, 6.45) is 0.0627. The highest BCUT2D eigenvalue weighted by atomic mass is 35.5. The zero-order valence-corrected chi connectivity index (χ0v) is 12.5. The van der Waals surface area contributed by atoms with Crippen molar-refractivity contribution in [3.8, 4) is 0 Å². The standard InChI is InChI=1S/C14H22N2O2.ClH/c1-4-15-9-12-7-5-6-8-13(12)16-14(17)10-18-11(2)3;/h5-8,11,15H,4,9-10H2,1-3H3,(H,16,17);1H. The Morgan fingerprint density at radius 2 is 2.00 bits per heavy atom.